The van der Waals surface area contributed by atoms with Gasteiger partial charge in [0.05, 0.1) is 5.70 Å². The first-order valence-corrected chi connectivity index (χ1v) is 8.29. The number of para-hydroxylation sites is 1. The number of pyridine rings is 1. The molecule has 3 aromatic rings. The molecule has 0 aliphatic carbocycles. The van der Waals surface area contributed by atoms with Crippen LogP contribution >= 0.6 is 11.8 Å². The van der Waals surface area contributed by atoms with E-state index < -0.39 is 0 Å². The molecule has 0 saturated heterocycles. The fourth-order valence-electron chi connectivity index (χ4n) is 2.83. The summed E-state index contributed by atoms with van der Waals surface area (Å²) in [6.45, 7) is 0. The zero-order valence-electron chi connectivity index (χ0n) is 12.6. The molecule has 1 aliphatic heterocycles. The van der Waals surface area contributed by atoms with Gasteiger partial charge in [-0.05, 0) is 12.1 Å². The smallest absolute Gasteiger partial charge is 0.211 e. The van der Waals surface area contributed by atoms with Crippen molar-refractivity contribution in [3.8, 4) is 0 Å². The molecule has 0 saturated carbocycles. The second-order valence-electron chi connectivity index (χ2n) is 5.48. The molecule has 1 aromatic carbocycles. The maximum atomic E-state index is 12.9. The molecule has 4 nitrogen and oxygen atoms in total. The van der Waals surface area contributed by atoms with Crippen LogP contribution in [0.5, 0.6) is 0 Å². The minimum Gasteiger partial charge on any atom is -0.366 e. The lowest BCUT2D eigenvalue weighted by atomic mass is 10.1. The number of carbonyl (C=O) groups is 1. The number of thioether (sulfide) groups is 1. The predicted octanol–water partition coefficient (Wildman–Crippen LogP) is 3.63. The molecule has 23 heavy (non-hydrogen) atoms. The highest BCUT2D eigenvalue weighted by Crippen LogP contribution is 2.35. The number of hydrogen-bond acceptors (Lipinski definition) is 4. The highest BCUT2D eigenvalue weighted by atomic mass is 32.2. The summed E-state index contributed by atoms with van der Waals surface area (Å²) >= 11 is 1.60. The largest absolute Gasteiger partial charge is 0.366 e. The number of aromatic nitrogens is 2. The third-order valence-electron chi connectivity index (χ3n) is 3.98. The van der Waals surface area contributed by atoms with Gasteiger partial charge in [0.1, 0.15) is 5.37 Å². The zero-order valence-corrected chi connectivity index (χ0v) is 13.4. The number of fused-ring (bicyclic) bond motifs is 1. The predicted molar refractivity (Wildman–Crippen MR) is 93.0 cm³/mol. The zero-order chi connectivity index (χ0) is 15.8. The first-order chi connectivity index (χ1) is 11.2. The summed E-state index contributed by atoms with van der Waals surface area (Å²) < 4.78 is 1.99. The third-order valence-corrected chi connectivity index (χ3v) is 5.02. The number of carbonyl (C=O) groups excluding carboxylic acids is 1. The van der Waals surface area contributed by atoms with Gasteiger partial charge in [0.15, 0.2) is 0 Å². The average molecular weight is 321 g/mol. The molecule has 0 bridgehead atoms. The summed E-state index contributed by atoms with van der Waals surface area (Å²) in [6.07, 6.45) is 5.47. The monoisotopic (exact) mass is 321 g/mol. The van der Waals surface area contributed by atoms with Crippen LogP contribution in [0.25, 0.3) is 10.9 Å². The average Bonchev–Trinajstić information content (AvgIpc) is 3.21. The van der Waals surface area contributed by atoms with E-state index in [0.29, 0.717) is 5.70 Å². The lowest BCUT2D eigenvalue weighted by Crippen LogP contribution is -2.19. The summed E-state index contributed by atoms with van der Waals surface area (Å²) in [5, 5.41) is 6.23. The maximum absolute atomic E-state index is 12.9. The van der Waals surface area contributed by atoms with Crippen LogP contribution in [0.1, 0.15) is 21.3 Å². The van der Waals surface area contributed by atoms with Crippen molar-refractivity contribution in [1.29, 1.82) is 0 Å². The Balaban J connectivity index is 1.63. The van der Waals surface area contributed by atoms with Gasteiger partial charge in [-0.2, -0.15) is 0 Å². The van der Waals surface area contributed by atoms with Gasteiger partial charge in [-0.3, -0.25) is 9.78 Å². The highest BCUT2D eigenvalue weighted by molar-refractivity contribution is 8.02. The number of hydrogen-bond donors (Lipinski definition) is 1. The number of allylic oxidation sites excluding steroid dienone is 1. The molecule has 4 rings (SSSR count). The van der Waals surface area contributed by atoms with E-state index in [4.69, 9.17) is 0 Å². The van der Waals surface area contributed by atoms with Crippen molar-refractivity contribution in [3.05, 3.63) is 77.2 Å². The van der Waals surface area contributed by atoms with E-state index in [0.717, 1.165) is 22.0 Å². The fourth-order valence-corrected chi connectivity index (χ4v) is 3.76. The molecule has 5 heteroatoms. The van der Waals surface area contributed by atoms with Crippen molar-refractivity contribution in [2.75, 3.05) is 0 Å². The summed E-state index contributed by atoms with van der Waals surface area (Å²) in [7, 11) is 1.96. The minimum absolute atomic E-state index is 0.0284. The number of aryl methyl sites for hydroxylation is 1. The lowest BCUT2D eigenvalue weighted by molar-refractivity contribution is 0.102. The van der Waals surface area contributed by atoms with Gasteiger partial charge in [-0.25, -0.2) is 0 Å². The normalized spacial score (nSPS) is 17.1. The lowest BCUT2D eigenvalue weighted by Gasteiger charge is -2.11. The van der Waals surface area contributed by atoms with E-state index in [-0.39, 0.29) is 11.2 Å². The summed E-state index contributed by atoms with van der Waals surface area (Å²) in [6, 6.07) is 11.9. The Kier molecular flexibility index (Phi) is 3.42. The molecule has 0 spiro atoms. The number of nitrogens with zero attached hydrogens (tertiary/aromatic N) is 2. The van der Waals surface area contributed by atoms with Crippen LogP contribution in [-0.4, -0.2) is 15.3 Å². The van der Waals surface area contributed by atoms with E-state index >= 15 is 0 Å². The molecule has 1 N–H and O–H groups in total. The summed E-state index contributed by atoms with van der Waals surface area (Å²) in [5.74, 6) is 0.0284. The Morgan fingerprint density at radius 3 is 2.96 bits per heavy atom. The summed E-state index contributed by atoms with van der Waals surface area (Å²) in [4.78, 5) is 17.0. The van der Waals surface area contributed by atoms with E-state index in [1.54, 1.807) is 18.0 Å². The van der Waals surface area contributed by atoms with Crippen LogP contribution in [0.2, 0.25) is 0 Å². The first-order valence-electron chi connectivity index (χ1n) is 7.35. The van der Waals surface area contributed by atoms with Crippen molar-refractivity contribution in [1.82, 2.24) is 14.9 Å². The Labute approximate surface area is 138 Å². The van der Waals surface area contributed by atoms with Crippen molar-refractivity contribution < 1.29 is 4.79 Å². The Morgan fingerprint density at radius 2 is 2.13 bits per heavy atom. The highest BCUT2D eigenvalue weighted by Gasteiger charge is 2.25. The Hall–Kier alpha value is -2.53. The van der Waals surface area contributed by atoms with Crippen LogP contribution in [0, 0.1) is 0 Å². The first kappa shape index (κ1) is 14.1. The standard InChI is InChI=1S/C18H15N3OS/c1-21-10-14(13-6-2-3-7-16(13)21)17(22)15-11-23-18(20-15)12-5-4-8-19-9-12/h2-11,18,20H,1H3. The second kappa shape index (κ2) is 5.59. The number of benzene rings is 1. The minimum atomic E-state index is 0.0284. The van der Waals surface area contributed by atoms with Crippen LogP contribution in [0.3, 0.4) is 0 Å². The van der Waals surface area contributed by atoms with Crippen LogP contribution in [0.4, 0.5) is 0 Å². The van der Waals surface area contributed by atoms with Gasteiger partial charge in [-0.1, -0.05) is 24.3 Å². The number of rotatable bonds is 3. The van der Waals surface area contributed by atoms with Gasteiger partial charge >= 0.3 is 0 Å². The van der Waals surface area contributed by atoms with Gasteiger partial charge in [0, 0.05) is 53.1 Å². The molecule has 1 aliphatic rings. The summed E-state index contributed by atoms with van der Waals surface area (Å²) in [5.41, 5.74) is 3.50. The van der Waals surface area contributed by atoms with Crippen LogP contribution in [0.15, 0.2) is 66.1 Å². The van der Waals surface area contributed by atoms with Gasteiger partial charge < -0.3 is 9.88 Å². The Morgan fingerprint density at radius 1 is 1.26 bits per heavy atom. The molecular weight excluding hydrogens is 306 g/mol. The fraction of sp³-hybridized carbons (Fsp3) is 0.111. The SMILES string of the molecule is Cn1cc(C(=O)C2=CSC(c3cccnc3)N2)c2ccccc21. The topological polar surface area (TPSA) is 46.9 Å². The molecule has 0 fully saturated rings. The second-order valence-corrected chi connectivity index (χ2v) is 6.46. The molecular formula is C18H15N3OS. The van der Waals surface area contributed by atoms with Crippen molar-refractivity contribution in [2.45, 2.75) is 5.37 Å². The van der Waals surface area contributed by atoms with E-state index in [1.807, 2.05) is 65.8 Å². The van der Waals surface area contributed by atoms with Crippen LogP contribution < -0.4 is 5.32 Å². The molecule has 2 aromatic heterocycles. The molecule has 0 radical (unpaired) electrons. The van der Waals surface area contributed by atoms with Crippen molar-refractivity contribution in [2.24, 2.45) is 7.05 Å². The quantitative estimate of drug-likeness (QED) is 0.748. The van der Waals surface area contributed by atoms with E-state index in [9.17, 15) is 4.79 Å². The van der Waals surface area contributed by atoms with Gasteiger partial charge in [0.2, 0.25) is 5.78 Å². The van der Waals surface area contributed by atoms with E-state index in [1.165, 1.54) is 0 Å². The molecule has 1 unspecified atom stereocenters. The third kappa shape index (κ3) is 2.43. The van der Waals surface area contributed by atoms with Crippen LogP contribution in [-0.2, 0) is 7.05 Å². The van der Waals surface area contributed by atoms with Crippen molar-refractivity contribution >= 4 is 28.4 Å². The molecule has 0 amide bonds. The molecule has 1 atom stereocenters. The molecule has 114 valence electrons. The number of Topliss-reactive ketones (excluding diaryl/α,β-unsaturated/α-hetero) is 1. The number of nitrogens with one attached hydrogen (secondary N) is 1. The Bertz CT molecular complexity index is 914. The van der Waals surface area contributed by atoms with E-state index in [2.05, 4.69) is 10.3 Å². The van der Waals surface area contributed by atoms with Gasteiger partial charge in [0.25, 0.3) is 0 Å². The number of ketones is 1. The van der Waals surface area contributed by atoms with Crippen molar-refractivity contribution in [3.63, 3.8) is 0 Å². The molecule has 3 heterocycles. The maximum Gasteiger partial charge on any atom is 0.211 e. The van der Waals surface area contributed by atoms with Gasteiger partial charge in [-0.15, -0.1) is 11.8 Å².